The van der Waals surface area contributed by atoms with Crippen LogP contribution in [0.2, 0.25) is 0 Å². The molecule has 0 aliphatic heterocycles. The molecule has 0 aliphatic carbocycles. The summed E-state index contributed by atoms with van der Waals surface area (Å²) in [6.45, 7) is 9.11. The van der Waals surface area contributed by atoms with Crippen LogP contribution in [0.4, 0.5) is 0 Å². The lowest BCUT2D eigenvalue weighted by Crippen LogP contribution is -2.12. The lowest BCUT2D eigenvalue weighted by molar-refractivity contribution is 0.283. The smallest absolute Gasteiger partial charge is 0.0236 e. The molecule has 0 heteroatoms. The lowest BCUT2D eigenvalue weighted by atomic mass is 9.84. The minimum Gasteiger partial charge on any atom is -0.0776 e. The fraction of sp³-hybridized carbons (Fsp3) is 1.00. The Labute approximate surface area is 63.1 Å². The summed E-state index contributed by atoms with van der Waals surface area (Å²) in [5.74, 6) is 0.625. The van der Waals surface area contributed by atoms with Crippen molar-refractivity contribution in [3.05, 3.63) is 0 Å². The first-order valence-corrected chi connectivity index (χ1v) is 2.80. The molecule has 0 aromatic rings. The van der Waals surface area contributed by atoms with Gasteiger partial charge in [0, 0.05) is 1.37 Å². The molecule has 0 saturated carbocycles. The highest BCUT2D eigenvalue weighted by Gasteiger charge is 2.13. The molecule has 0 saturated heterocycles. The van der Waals surface area contributed by atoms with Crippen molar-refractivity contribution in [1.29, 1.82) is 0 Å². The minimum absolute atomic E-state index is 0. The van der Waals surface area contributed by atoms with Crippen LogP contribution in [0, 0.1) is 11.3 Å². The molecular weight excluding hydrogens is 108 g/mol. The van der Waals surface area contributed by atoms with E-state index in [0.717, 1.165) is 0 Å². The highest BCUT2D eigenvalue weighted by Crippen LogP contribution is 2.23. The summed E-state index contributed by atoms with van der Waals surface area (Å²) in [4.78, 5) is 0. The zero-order chi connectivity index (χ0) is 6.78. The van der Waals surface area contributed by atoms with Gasteiger partial charge in [0.05, 0.1) is 0 Å². The van der Waals surface area contributed by atoms with Crippen LogP contribution in [0.5, 0.6) is 0 Å². The Morgan fingerprint density at radius 1 is 1.22 bits per heavy atom. The topological polar surface area (TPSA) is 0 Å². The van der Waals surface area contributed by atoms with Crippen LogP contribution < -0.4 is 0 Å². The average molecular weight is 134 g/mol. The third-order valence-corrected chi connectivity index (χ3v) is 1.56. The van der Waals surface area contributed by atoms with Crippen molar-refractivity contribution in [2.75, 3.05) is 0 Å². The second-order valence-electron chi connectivity index (χ2n) is 3.14. The Balaban J connectivity index is -0.000000245. The fourth-order valence-electron chi connectivity index (χ4n) is 0. The molecule has 0 aromatic carbocycles. The molecule has 0 rings (SSSR count). The van der Waals surface area contributed by atoms with Gasteiger partial charge in [-0.2, -0.15) is 0 Å². The largest absolute Gasteiger partial charge is 0.0776 e. The average Bonchev–Trinajstić information content (AvgIpc) is 1.67. The highest BCUT2D eigenvalue weighted by atomic mass is 14.2. The van der Waals surface area contributed by atoms with Gasteiger partial charge in [-0.3, -0.25) is 0 Å². The highest BCUT2D eigenvalue weighted by molar-refractivity contribution is 4.64. The monoisotopic (exact) mass is 134 g/mol. The molecular formula is C9H24. The molecule has 0 nitrogen and oxygen atoms in total. The fourth-order valence-corrected chi connectivity index (χ4v) is 0. The van der Waals surface area contributed by atoms with Crippen molar-refractivity contribution < 1.29 is 1.37 Å². The maximum Gasteiger partial charge on any atom is 0.0236 e. The predicted octanol–water partition coefficient (Wildman–Crippen LogP) is 3.96. The molecule has 0 N–H and O–H groups in total. The summed E-state index contributed by atoms with van der Waals surface area (Å²) >= 11 is 0. The van der Waals surface area contributed by atoms with E-state index in [0.29, 0.717) is 12.8 Å². The van der Waals surface area contributed by atoms with Gasteiger partial charge in [0.2, 0.25) is 0 Å². The second-order valence-corrected chi connectivity index (χ2v) is 3.14. The van der Waals surface area contributed by atoms with E-state index in [1.165, 1.54) is 0 Å². The van der Waals surface area contributed by atoms with Crippen LogP contribution in [0.25, 0.3) is 0 Å². The molecule has 0 aromatic heterocycles. The van der Waals surface area contributed by atoms with Crippen LogP contribution >= 0.6 is 0 Å². The summed E-state index contributed by atoms with van der Waals surface area (Å²) in [6, 6.07) is 0. The summed E-state index contributed by atoms with van der Waals surface area (Å²) in [5.41, 5.74) is 0.208. The van der Waals surface area contributed by atoms with E-state index in [1.54, 1.807) is 0 Å². The van der Waals surface area contributed by atoms with Crippen molar-refractivity contribution >= 4 is 0 Å². The van der Waals surface area contributed by atoms with Crippen molar-refractivity contribution in [2.24, 2.45) is 11.3 Å². The Bertz CT molecular complexity index is 65.1. The number of hydrogen-bond donors (Lipinski definition) is 0. The van der Waals surface area contributed by atoms with Crippen LogP contribution in [0.15, 0.2) is 0 Å². The predicted molar refractivity (Wildman–Crippen MR) is 47.8 cm³/mol. The van der Waals surface area contributed by atoms with Gasteiger partial charge in [0.15, 0.2) is 0 Å². The Morgan fingerprint density at radius 2 is 1.56 bits per heavy atom. The summed E-state index contributed by atoms with van der Waals surface area (Å²) in [5, 5.41) is 0. The molecule has 60 valence electrons. The van der Waals surface area contributed by atoms with Crippen LogP contribution in [-0.2, 0) is 0 Å². The molecule has 0 fully saturated rings. The molecule has 0 bridgehead atoms. The van der Waals surface area contributed by atoms with E-state index in [9.17, 15) is 0 Å². The van der Waals surface area contributed by atoms with E-state index >= 15 is 0 Å². The third-order valence-electron chi connectivity index (χ3n) is 1.56. The van der Waals surface area contributed by atoms with Crippen LogP contribution in [0.1, 0.15) is 50.8 Å². The van der Waals surface area contributed by atoms with E-state index in [1.807, 2.05) is 0 Å². The molecule has 0 aliphatic rings. The van der Waals surface area contributed by atoms with Gasteiger partial charge in [-0.1, -0.05) is 49.4 Å². The first-order valence-electron chi connectivity index (χ1n) is 3.50. The van der Waals surface area contributed by atoms with Gasteiger partial charge in [0.25, 0.3) is 0 Å². The van der Waals surface area contributed by atoms with Gasteiger partial charge >= 0.3 is 0 Å². The maximum atomic E-state index is 7.14. The Hall–Kier alpha value is 0. The molecule has 0 heterocycles. The van der Waals surface area contributed by atoms with Gasteiger partial charge in [0.1, 0.15) is 0 Å². The first-order chi connectivity index (χ1) is 3.50. The third kappa shape index (κ3) is 8.00. The van der Waals surface area contributed by atoms with E-state index in [2.05, 4.69) is 27.7 Å². The second kappa shape index (κ2) is 4.84. The zero-order valence-corrected chi connectivity index (χ0v) is 5.78. The molecule has 0 radical (unpaired) electrons. The van der Waals surface area contributed by atoms with Gasteiger partial charge in [-0.25, -0.2) is 0 Å². The zero-order valence-electron chi connectivity index (χ0n) is 6.78. The van der Waals surface area contributed by atoms with Crippen LogP contribution in [-0.4, -0.2) is 0 Å². The molecule has 9 heavy (non-hydrogen) atoms. The maximum absolute atomic E-state index is 7.14. The minimum atomic E-state index is 0. The summed E-state index contributed by atoms with van der Waals surface area (Å²) in [7, 11) is 0. The molecule has 0 unspecified atom stereocenters. The normalized spacial score (nSPS) is 11.4. The van der Waals surface area contributed by atoms with Crippen molar-refractivity contribution in [3.63, 3.8) is 0 Å². The Morgan fingerprint density at radius 3 is 1.56 bits per heavy atom. The SMILES string of the molecule is C.C.[3H]CC(C)(C)C(C)C. The van der Waals surface area contributed by atoms with E-state index < -0.39 is 0 Å². The molecule has 0 atom stereocenters. The van der Waals surface area contributed by atoms with Gasteiger partial charge in [-0.05, 0) is 11.3 Å². The summed E-state index contributed by atoms with van der Waals surface area (Å²) in [6.07, 6.45) is 0. The van der Waals surface area contributed by atoms with Crippen LogP contribution in [0.3, 0.4) is 0 Å². The number of hydrogen-bond acceptors (Lipinski definition) is 0. The Kier molecular flexibility index (Phi) is 6.32. The first kappa shape index (κ1) is 11.8. The quantitative estimate of drug-likeness (QED) is 0.470. The van der Waals surface area contributed by atoms with Gasteiger partial charge in [-0.15, -0.1) is 0 Å². The molecule has 0 spiro atoms. The summed E-state index contributed by atoms with van der Waals surface area (Å²) < 4.78 is 7.14. The number of rotatable bonds is 0. The van der Waals surface area contributed by atoms with E-state index in [4.69, 9.17) is 1.37 Å². The standard InChI is InChI=1S/C7H16.2CH4/c1-6(2)7(3,4)5;;/h6H,1-5H3;2*1H4/i3T;;. The lowest BCUT2D eigenvalue weighted by Gasteiger charge is -2.22. The van der Waals surface area contributed by atoms with Gasteiger partial charge < -0.3 is 0 Å². The van der Waals surface area contributed by atoms with Crippen molar-refractivity contribution in [3.8, 4) is 0 Å². The van der Waals surface area contributed by atoms with Crippen molar-refractivity contribution in [1.82, 2.24) is 0 Å². The van der Waals surface area contributed by atoms with E-state index in [-0.39, 0.29) is 20.3 Å². The molecule has 0 amide bonds. The van der Waals surface area contributed by atoms with Crippen molar-refractivity contribution in [2.45, 2.75) is 49.4 Å².